The van der Waals surface area contributed by atoms with Crippen molar-refractivity contribution in [2.45, 2.75) is 12.0 Å². The summed E-state index contributed by atoms with van der Waals surface area (Å²) in [5, 5.41) is 7.27. The van der Waals surface area contributed by atoms with Crippen LogP contribution < -0.4 is 5.32 Å². The topological polar surface area (TPSA) is 60.7 Å². The minimum Gasteiger partial charge on any atom is -0.378 e. The summed E-state index contributed by atoms with van der Waals surface area (Å²) in [4.78, 5) is 4.26. The van der Waals surface area contributed by atoms with E-state index in [1.165, 1.54) is 16.8 Å². The van der Waals surface area contributed by atoms with Crippen molar-refractivity contribution in [3.8, 4) is 0 Å². The number of ether oxygens (including phenoxy) is 2. The fraction of sp³-hybridized carbons (Fsp3) is 0.500. The number of anilines is 1. The van der Waals surface area contributed by atoms with Crippen LogP contribution >= 0.6 is 0 Å². The highest BCUT2D eigenvalue weighted by Gasteiger charge is 2.35. The fourth-order valence-corrected chi connectivity index (χ4v) is 2.13. The van der Waals surface area contributed by atoms with Crippen molar-refractivity contribution in [1.29, 1.82) is 0 Å². The molecule has 1 atom stereocenters. The first-order valence-electron chi connectivity index (χ1n) is 6.09. The SMILES string of the molecule is COC1(CNc2nc3ccc(F)cn3n2)CCOC1. The second-order valence-corrected chi connectivity index (χ2v) is 4.63. The summed E-state index contributed by atoms with van der Waals surface area (Å²) >= 11 is 0. The van der Waals surface area contributed by atoms with Gasteiger partial charge in [0.1, 0.15) is 11.4 Å². The standard InChI is InChI=1S/C12H15FN4O2/c1-18-12(4-5-19-8-12)7-14-11-15-10-3-2-9(13)6-17(10)16-11/h2-3,6H,4-5,7-8H2,1H3,(H,14,16). The van der Waals surface area contributed by atoms with Gasteiger partial charge in [0.25, 0.3) is 0 Å². The number of hydrogen-bond acceptors (Lipinski definition) is 5. The molecular weight excluding hydrogens is 251 g/mol. The van der Waals surface area contributed by atoms with Gasteiger partial charge in [-0.15, -0.1) is 5.10 Å². The van der Waals surface area contributed by atoms with Gasteiger partial charge in [-0.2, -0.15) is 4.98 Å². The van der Waals surface area contributed by atoms with E-state index in [0.29, 0.717) is 31.4 Å². The van der Waals surface area contributed by atoms with E-state index in [-0.39, 0.29) is 11.4 Å². The molecule has 3 heterocycles. The quantitative estimate of drug-likeness (QED) is 0.897. The Morgan fingerprint density at radius 3 is 3.21 bits per heavy atom. The van der Waals surface area contributed by atoms with Gasteiger partial charge in [-0.05, 0) is 12.1 Å². The Bertz CT molecular complexity index is 580. The van der Waals surface area contributed by atoms with Crippen molar-refractivity contribution in [3.05, 3.63) is 24.1 Å². The summed E-state index contributed by atoms with van der Waals surface area (Å²) in [6.07, 6.45) is 2.12. The van der Waals surface area contributed by atoms with Crippen LogP contribution in [0.3, 0.4) is 0 Å². The predicted octanol–water partition coefficient (Wildman–Crippen LogP) is 1.09. The molecule has 0 amide bonds. The van der Waals surface area contributed by atoms with Crippen LogP contribution in [-0.2, 0) is 9.47 Å². The molecule has 1 aliphatic heterocycles. The van der Waals surface area contributed by atoms with Gasteiger partial charge < -0.3 is 14.8 Å². The van der Waals surface area contributed by atoms with E-state index < -0.39 is 0 Å². The van der Waals surface area contributed by atoms with Gasteiger partial charge in [0.05, 0.1) is 12.8 Å². The third-order valence-corrected chi connectivity index (χ3v) is 3.36. The summed E-state index contributed by atoms with van der Waals surface area (Å²) in [5.41, 5.74) is 0.265. The summed E-state index contributed by atoms with van der Waals surface area (Å²) in [6.45, 7) is 1.81. The molecule has 0 aromatic carbocycles. The Morgan fingerprint density at radius 2 is 2.47 bits per heavy atom. The minimum absolute atomic E-state index is 0.331. The molecule has 0 radical (unpaired) electrons. The smallest absolute Gasteiger partial charge is 0.243 e. The Morgan fingerprint density at radius 1 is 1.58 bits per heavy atom. The van der Waals surface area contributed by atoms with Gasteiger partial charge in [0, 0.05) is 26.7 Å². The Labute approximate surface area is 109 Å². The minimum atomic E-state index is -0.346. The molecule has 1 unspecified atom stereocenters. The second kappa shape index (κ2) is 4.75. The monoisotopic (exact) mass is 266 g/mol. The van der Waals surface area contributed by atoms with E-state index in [0.717, 1.165) is 6.42 Å². The van der Waals surface area contributed by atoms with Crippen molar-refractivity contribution < 1.29 is 13.9 Å². The molecule has 3 rings (SSSR count). The molecule has 6 nitrogen and oxygen atoms in total. The molecule has 1 aliphatic rings. The third-order valence-electron chi connectivity index (χ3n) is 3.36. The van der Waals surface area contributed by atoms with Crippen molar-refractivity contribution in [2.24, 2.45) is 0 Å². The maximum Gasteiger partial charge on any atom is 0.243 e. The zero-order chi connectivity index (χ0) is 13.3. The summed E-state index contributed by atoms with van der Waals surface area (Å²) in [7, 11) is 1.67. The number of aromatic nitrogens is 3. The molecule has 7 heteroatoms. The van der Waals surface area contributed by atoms with Crippen LogP contribution in [0.2, 0.25) is 0 Å². The molecule has 1 N–H and O–H groups in total. The van der Waals surface area contributed by atoms with Crippen molar-refractivity contribution in [2.75, 3.05) is 32.2 Å². The zero-order valence-corrected chi connectivity index (χ0v) is 10.6. The summed E-state index contributed by atoms with van der Waals surface area (Å²) in [6, 6.07) is 2.94. The van der Waals surface area contributed by atoms with E-state index in [2.05, 4.69) is 15.4 Å². The lowest BCUT2D eigenvalue weighted by molar-refractivity contribution is -0.00630. The van der Waals surface area contributed by atoms with Crippen LogP contribution in [-0.4, -0.2) is 47.1 Å². The van der Waals surface area contributed by atoms with Crippen LogP contribution in [0.5, 0.6) is 0 Å². The van der Waals surface area contributed by atoms with Crippen LogP contribution in [0.1, 0.15) is 6.42 Å². The van der Waals surface area contributed by atoms with Crippen molar-refractivity contribution in [1.82, 2.24) is 14.6 Å². The van der Waals surface area contributed by atoms with Gasteiger partial charge in [-0.3, -0.25) is 0 Å². The maximum absolute atomic E-state index is 13.0. The predicted molar refractivity (Wildman–Crippen MR) is 66.6 cm³/mol. The third kappa shape index (κ3) is 2.39. The average Bonchev–Trinajstić information content (AvgIpc) is 3.02. The van der Waals surface area contributed by atoms with Crippen molar-refractivity contribution in [3.63, 3.8) is 0 Å². The second-order valence-electron chi connectivity index (χ2n) is 4.63. The Hall–Kier alpha value is -1.73. The lowest BCUT2D eigenvalue weighted by Crippen LogP contribution is -2.39. The van der Waals surface area contributed by atoms with E-state index in [1.54, 1.807) is 13.2 Å². The highest BCUT2D eigenvalue weighted by atomic mass is 19.1. The molecule has 0 bridgehead atoms. The number of nitrogens with one attached hydrogen (secondary N) is 1. The molecular formula is C12H15FN4O2. The summed E-state index contributed by atoms with van der Waals surface area (Å²) < 4.78 is 25.3. The van der Waals surface area contributed by atoms with Gasteiger partial charge in [0.2, 0.25) is 5.95 Å². The number of halogens is 1. The van der Waals surface area contributed by atoms with Gasteiger partial charge in [-0.25, -0.2) is 8.91 Å². The molecule has 1 saturated heterocycles. The lowest BCUT2D eigenvalue weighted by Gasteiger charge is -2.25. The van der Waals surface area contributed by atoms with E-state index in [4.69, 9.17) is 9.47 Å². The van der Waals surface area contributed by atoms with Crippen LogP contribution in [0.15, 0.2) is 18.3 Å². The first-order valence-corrected chi connectivity index (χ1v) is 6.09. The van der Waals surface area contributed by atoms with E-state index in [9.17, 15) is 4.39 Å². The number of methoxy groups -OCH3 is 1. The van der Waals surface area contributed by atoms with Crippen molar-refractivity contribution >= 4 is 11.6 Å². The van der Waals surface area contributed by atoms with Crippen LogP contribution in [0.25, 0.3) is 5.65 Å². The maximum atomic E-state index is 13.0. The lowest BCUT2D eigenvalue weighted by atomic mass is 10.0. The molecule has 102 valence electrons. The number of pyridine rings is 1. The molecule has 19 heavy (non-hydrogen) atoms. The first kappa shape index (κ1) is 12.3. The molecule has 2 aromatic rings. The Kier molecular flexibility index (Phi) is 3.08. The number of rotatable bonds is 4. The van der Waals surface area contributed by atoms with Crippen LogP contribution in [0, 0.1) is 5.82 Å². The fourth-order valence-electron chi connectivity index (χ4n) is 2.13. The molecule has 2 aromatic heterocycles. The van der Waals surface area contributed by atoms with Gasteiger partial charge in [0.15, 0.2) is 5.65 Å². The largest absolute Gasteiger partial charge is 0.378 e. The van der Waals surface area contributed by atoms with Gasteiger partial charge >= 0.3 is 0 Å². The Balaban J connectivity index is 1.74. The average molecular weight is 266 g/mol. The van der Waals surface area contributed by atoms with Gasteiger partial charge in [-0.1, -0.05) is 0 Å². The first-order chi connectivity index (χ1) is 9.21. The molecule has 0 aliphatic carbocycles. The normalized spacial score (nSPS) is 23.1. The number of hydrogen-bond donors (Lipinski definition) is 1. The highest BCUT2D eigenvalue weighted by molar-refractivity contribution is 5.43. The highest BCUT2D eigenvalue weighted by Crippen LogP contribution is 2.22. The summed E-state index contributed by atoms with van der Waals surface area (Å²) in [5.74, 6) is 0.107. The number of nitrogens with zero attached hydrogens (tertiary/aromatic N) is 3. The molecule has 0 saturated carbocycles. The van der Waals surface area contributed by atoms with E-state index >= 15 is 0 Å². The molecule has 0 spiro atoms. The molecule has 1 fully saturated rings. The van der Waals surface area contributed by atoms with E-state index in [1.807, 2.05) is 0 Å². The zero-order valence-electron chi connectivity index (χ0n) is 10.6. The van der Waals surface area contributed by atoms with Crippen LogP contribution in [0.4, 0.5) is 10.3 Å². The number of fused-ring (bicyclic) bond motifs is 1.